The first-order valence-corrected chi connectivity index (χ1v) is 8.67. The van der Waals surface area contributed by atoms with E-state index in [2.05, 4.69) is 15.9 Å². The molecular formula is C22H18F2N2O3. The summed E-state index contributed by atoms with van der Waals surface area (Å²) in [6.45, 7) is -1.04. The third-order valence-electron chi connectivity index (χ3n) is 3.96. The molecule has 3 aromatic rings. The van der Waals surface area contributed by atoms with E-state index in [4.69, 9.17) is 20.6 Å². The third kappa shape index (κ3) is 4.86. The van der Waals surface area contributed by atoms with E-state index in [-0.39, 0.29) is 12.4 Å². The number of rotatable bonds is 8. The molecule has 0 fully saturated rings. The molecule has 0 aliphatic carbocycles. The van der Waals surface area contributed by atoms with E-state index in [9.17, 15) is 8.78 Å². The van der Waals surface area contributed by atoms with E-state index >= 15 is 0 Å². The molecule has 148 valence electrons. The number of nitrogens with zero attached hydrogens (tertiary/aromatic N) is 2. The van der Waals surface area contributed by atoms with Crippen LogP contribution in [0.1, 0.15) is 5.69 Å². The second-order valence-corrected chi connectivity index (χ2v) is 5.94. The van der Waals surface area contributed by atoms with Gasteiger partial charge in [-0.3, -0.25) is 4.98 Å². The van der Waals surface area contributed by atoms with E-state index in [1.54, 1.807) is 19.4 Å². The molecule has 1 aromatic carbocycles. The minimum atomic E-state index is -3.26. The Hall–Kier alpha value is -3.50. The molecule has 7 heteroatoms. The van der Waals surface area contributed by atoms with Gasteiger partial charge in [-0.2, -0.15) is 8.78 Å². The van der Waals surface area contributed by atoms with Gasteiger partial charge in [-0.25, -0.2) is 4.98 Å². The highest BCUT2D eigenvalue weighted by atomic mass is 19.3. The largest absolute Gasteiger partial charge is 0.496 e. The number of benzene rings is 1. The Morgan fingerprint density at radius 3 is 2.55 bits per heavy atom. The lowest BCUT2D eigenvalue weighted by Crippen LogP contribution is -2.22. The highest BCUT2D eigenvalue weighted by molar-refractivity contribution is 5.74. The number of terminal acetylenes is 1. The van der Waals surface area contributed by atoms with Crippen molar-refractivity contribution < 1.29 is 23.0 Å². The lowest BCUT2D eigenvalue weighted by atomic mass is 10.1. The van der Waals surface area contributed by atoms with Gasteiger partial charge in [0.25, 0.3) is 0 Å². The summed E-state index contributed by atoms with van der Waals surface area (Å²) in [6.07, 6.45) is 7.79. The van der Waals surface area contributed by atoms with Crippen LogP contribution >= 0.6 is 0 Å². The minimum Gasteiger partial charge on any atom is -0.496 e. The smallest absolute Gasteiger partial charge is 0.312 e. The molecule has 0 bridgehead atoms. The van der Waals surface area contributed by atoms with E-state index in [0.29, 0.717) is 17.2 Å². The number of hydrogen-bond acceptors (Lipinski definition) is 5. The van der Waals surface area contributed by atoms with E-state index in [1.165, 1.54) is 18.3 Å². The zero-order valence-corrected chi connectivity index (χ0v) is 15.6. The fourth-order valence-electron chi connectivity index (χ4n) is 2.63. The Morgan fingerprint density at radius 1 is 1.03 bits per heavy atom. The maximum atomic E-state index is 14.1. The summed E-state index contributed by atoms with van der Waals surface area (Å²) in [5, 5.41) is 0. The highest BCUT2D eigenvalue weighted by Crippen LogP contribution is 2.37. The molecule has 0 atom stereocenters. The van der Waals surface area contributed by atoms with Crippen molar-refractivity contribution >= 4 is 0 Å². The van der Waals surface area contributed by atoms with Gasteiger partial charge in [0.1, 0.15) is 30.4 Å². The zero-order chi connectivity index (χ0) is 20.7. The van der Waals surface area contributed by atoms with Gasteiger partial charge in [-0.05, 0) is 30.3 Å². The second-order valence-electron chi connectivity index (χ2n) is 5.94. The van der Waals surface area contributed by atoms with Crippen molar-refractivity contribution in [1.29, 1.82) is 0 Å². The molecule has 0 saturated heterocycles. The van der Waals surface area contributed by atoms with Crippen LogP contribution < -0.4 is 9.47 Å². The van der Waals surface area contributed by atoms with Crippen molar-refractivity contribution in [3.8, 4) is 40.8 Å². The SMILES string of the molecule is C#CCOCC(F)(F)c1ccc(Oc2ncccc2-c2ccccc2OC)cn1. The first kappa shape index (κ1) is 20.2. The summed E-state index contributed by atoms with van der Waals surface area (Å²) in [5.41, 5.74) is 1.05. The Balaban J connectivity index is 1.82. The predicted molar refractivity (Wildman–Crippen MR) is 104 cm³/mol. The van der Waals surface area contributed by atoms with Crippen LogP contribution in [0.3, 0.4) is 0 Å². The van der Waals surface area contributed by atoms with Crippen LogP contribution in [0.4, 0.5) is 8.78 Å². The van der Waals surface area contributed by atoms with Crippen molar-refractivity contribution in [2.45, 2.75) is 5.92 Å². The van der Waals surface area contributed by atoms with Crippen molar-refractivity contribution in [3.63, 3.8) is 0 Å². The molecule has 0 unspecified atom stereocenters. The fraction of sp³-hybridized carbons (Fsp3) is 0.182. The summed E-state index contributed by atoms with van der Waals surface area (Å²) in [4.78, 5) is 8.06. The minimum absolute atomic E-state index is 0.192. The monoisotopic (exact) mass is 396 g/mol. The van der Waals surface area contributed by atoms with Crippen LogP contribution in [0.5, 0.6) is 17.4 Å². The molecule has 0 aliphatic rings. The lowest BCUT2D eigenvalue weighted by molar-refractivity contribution is -0.0793. The Bertz CT molecular complexity index is 1000. The topological polar surface area (TPSA) is 53.5 Å². The van der Waals surface area contributed by atoms with Gasteiger partial charge in [0.15, 0.2) is 0 Å². The normalized spacial score (nSPS) is 11.0. The predicted octanol–water partition coefficient (Wildman–Crippen LogP) is 4.69. The van der Waals surface area contributed by atoms with Crippen LogP contribution in [0.25, 0.3) is 11.1 Å². The number of halogens is 2. The molecule has 0 spiro atoms. The molecular weight excluding hydrogens is 378 g/mol. The molecule has 29 heavy (non-hydrogen) atoms. The standard InChI is InChI=1S/C22H18F2N2O3/c1-3-13-28-15-22(23,24)20-11-10-16(14-26-20)29-21-18(8-6-12-25-21)17-7-4-5-9-19(17)27-2/h1,4-12,14H,13,15H2,2H3. The van der Waals surface area contributed by atoms with E-state index in [0.717, 1.165) is 5.56 Å². The summed E-state index contributed by atoms with van der Waals surface area (Å²) in [5.74, 6) is 0.109. The maximum Gasteiger partial charge on any atom is 0.312 e. The average Bonchev–Trinajstić information content (AvgIpc) is 2.75. The van der Waals surface area contributed by atoms with Gasteiger partial charge < -0.3 is 14.2 Å². The van der Waals surface area contributed by atoms with Crippen LogP contribution in [0, 0.1) is 12.3 Å². The van der Waals surface area contributed by atoms with Gasteiger partial charge in [0.2, 0.25) is 5.88 Å². The molecule has 0 amide bonds. The molecule has 0 radical (unpaired) electrons. The number of hydrogen-bond donors (Lipinski definition) is 0. The maximum absolute atomic E-state index is 14.1. The lowest BCUT2D eigenvalue weighted by Gasteiger charge is -2.16. The van der Waals surface area contributed by atoms with Crippen molar-refractivity contribution in [2.24, 2.45) is 0 Å². The Labute approximate surface area is 167 Å². The van der Waals surface area contributed by atoms with E-state index < -0.39 is 18.2 Å². The molecule has 0 aliphatic heterocycles. The van der Waals surface area contributed by atoms with Crippen LogP contribution in [-0.2, 0) is 10.7 Å². The average molecular weight is 396 g/mol. The molecule has 3 rings (SSSR count). The Kier molecular flexibility index (Phi) is 6.37. The first-order chi connectivity index (χ1) is 14.0. The quantitative estimate of drug-likeness (QED) is 0.409. The number of alkyl halides is 2. The third-order valence-corrected chi connectivity index (χ3v) is 3.96. The molecule has 0 saturated carbocycles. The van der Waals surface area contributed by atoms with E-state index in [1.807, 2.05) is 30.3 Å². The molecule has 2 aromatic heterocycles. The molecule has 5 nitrogen and oxygen atoms in total. The van der Waals surface area contributed by atoms with Gasteiger partial charge in [0, 0.05) is 17.3 Å². The number of aromatic nitrogens is 2. The molecule has 0 N–H and O–H groups in total. The van der Waals surface area contributed by atoms with Crippen molar-refractivity contribution in [1.82, 2.24) is 9.97 Å². The van der Waals surface area contributed by atoms with Crippen LogP contribution in [0.2, 0.25) is 0 Å². The number of pyridine rings is 2. The van der Waals surface area contributed by atoms with Crippen LogP contribution in [-0.4, -0.2) is 30.3 Å². The number of methoxy groups -OCH3 is 1. The van der Waals surface area contributed by atoms with Gasteiger partial charge in [-0.1, -0.05) is 24.1 Å². The zero-order valence-electron chi connectivity index (χ0n) is 15.6. The molecule has 2 heterocycles. The van der Waals surface area contributed by atoms with Gasteiger partial charge in [-0.15, -0.1) is 6.42 Å². The fourth-order valence-corrected chi connectivity index (χ4v) is 2.63. The van der Waals surface area contributed by atoms with Gasteiger partial charge in [0.05, 0.1) is 13.3 Å². The van der Waals surface area contributed by atoms with Crippen molar-refractivity contribution in [3.05, 3.63) is 66.6 Å². The van der Waals surface area contributed by atoms with Crippen molar-refractivity contribution in [2.75, 3.05) is 20.3 Å². The summed E-state index contributed by atoms with van der Waals surface area (Å²) >= 11 is 0. The Morgan fingerprint density at radius 2 is 1.83 bits per heavy atom. The number of para-hydroxylation sites is 1. The summed E-state index contributed by atoms with van der Waals surface area (Å²) in [7, 11) is 1.58. The second kappa shape index (κ2) is 9.13. The first-order valence-electron chi connectivity index (χ1n) is 8.67. The van der Waals surface area contributed by atoms with Gasteiger partial charge >= 0.3 is 5.92 Å². The van der Waals surface area contributed by atoms with Crippen LogP contribution in [0.15, 0.2) is 60.9 Å². The highest BCUT2D eigenvalue weighted by Gasteiger charge is 2.33. The number of ether oxygens (including phenoxy) is 3. The summed E-state index contributed by atoms with van der Waals surface area (Å²) < 4.78 is 44.1. The summed E-state index contributed by atoms with van der Waals surface area (Å²) in [6, 6.07) is 13.6.